The fraction of sp³-hybridized carbons (Fsp3) is 0.500. The summed E-state index contributed by atoms with van der Waals surface area (Å²) in [5, 5.41) is 5.54. The van der Waals surface area contributed by atoms with Gasteiger partial charge in [0, 0.05) is 6.54 Å². The lowest BCUT2D eigenvalue weighted by Gasteiger charge is -2.17. The van der Waals surface area contributed by atoms with Crippen molar-refractivity contribution in [3.8, 4) is 0 Å². The number of alkyl halides is 3. The van der Waals surface area contributed by atoms with Gasteiger partial charge in [-0.1, -0.05) is 24.9 Å². The Hall–Kier alpha value is -1.43. The molecule has 1 atom stereocenters. The molecule has 0 saturated heterocycles. The van der Waals surface area contributed by atoms with E-state index in [0.29, 0.717) is 6.54 Å². The molecule has 0 aliphatic carbocycles. The van der Waals surface area contributed by atoms with Crippen molar-refractivity contribution in [3.63, 3.8) is 0 Å². The van der Waals surface area contributed by atoms with Gasteiger partial charge in [0.2, 0.25) is 5.91 Å². The highest BCUT2D eigenvalue weighted by atomic mass is 35.5. The number of carbonyl (C=O) groups is 1. The van der Waals surface area contributed by atoms with Gasteiger partial charge in [-0.3, -0.25) is 4.79 Å². The Morgan fingerprint density at radius 1 is 1.38 bits per heavy atom. The molecule has 0 aromatic heterocycles. The second kappa shape index (κ2) is 7.54. The average molecular weight is 323 g/mol. The van der Waals surface area contributed by atoms with E-state index in [-0.39, 0.29) is 16.6 Å². The maximum Gasteiger partial charge on any atom is 0.416 e. The van der Waals surface area contributed by atoms with Crippen LogP contribution in [0.2, 0.25) is 5.02 Å². The van der Waals surface area contributed by atoms with Crippen LogP contribution in [0, 0.1) is 0 Å². The molecule has 0 aliphatic heterocycles. The first-order valence-corrected chi connectivity index (χ1v) is 7.04. The minimum Gasteiger partial charge on any atom is -0.373 e. The van der Waals surface area contributed by atoms with Gasteiger partial charge in [-0.25, -0.2) is 0 Å². The lowest BCUT2D eigenvalue weighted by Crippen LogP contribution is -2.38. The summed E-state index contributed by atoms with van der Waals surface area (Å²) in [6.07, 6.45) is -2.65. The van der Waals surface area contributed by atoms with Crippen LogP contribution in [0.4, 0.5) is 18.9 Å². The third-order valence-electron chi connectivity index (χ3n) is 2.89. The molecule has 1 aromatic carbocycles. The highest BCUT2D eigenvalue weighted by Gasteiger charge is 2.31. The number of halogens is 4. The van der Waals surface area contributed by atoms with Gasteiger partial charge in [0.15, 0.2) is 0 Å². The molecule has 3 nitrogen and oxygen atoms in total. The van der Waals surface area contributed by atoms with Crippen LogP contribution in [-0.4, -0.2) is 18.5 Å². The van der Waals surface area contributed by atoms with Crippen LogP contribution in [0.1, 0.15) is 32.3 Å². The SMILES string of the molecule is CCCCNC(=O)C(C)Nc1cc(C(F)(F)F)ccc1Cl. The van der Waals surface area contributed by atoms with E-state index in [0.717, 1.165) is 31.0 Å². The minimum absolute atomic E-state index is 0.0876. The van der Waals surface area contributed by atoms with Crippen molar-refractivity contribution in [2.24, 2.45) is 0 Å². The first-order valence-electron chi connectivity index (χ1n) is 6.66. The Bertz CT molecular complexity index is 492. The van der Waals surface area contributed by atoms with Gasteiger partial charge in [-0.15, -0.1) is 0 Å². The van der Waals surface area contributed by atoms with Crippen LogP contribution in [0.5, 0.6) is 0 Å². The molecule has 2 N–H and O–H groups in total. The molecule has 0 radical (unpaired) electrons. The summed E-state index contributed by atoms with van der Waals surface area (Å²) in [6.45, 7) is 4.10. The van der Waals surface area contributed by atoms with E-state index in [1.807, 2.05) is 6.92 Å². The van der Waals surface area contributed by atoms with Crippen LogP contribution >= 0.6 is 11.6 Å². The summed E-state index contributed by atoms with van der Waals surface area (Å²) < 4.78 is 38.0. The van der Waals surface area contributed by atoms with Gasteiger partial charge in [0.1, 0.15) is 6.04 Å². The summed E-state index contributed by atoms with van der Waals surface area (Å²) in [7, 11) is 0. The zero-order chi connectivity index (χ0) is 16.0. The third-order valence-corrected chi connectivity index (χ3v) is 3.22. The standard InChI is InChI=1S/C14H18ClF3N2O/c1-3-4-7-19-13(21)9(2)20-12-8-10(14(16,17)18)5-6-11(12)15/h5-6,8-9,20H,3-4,7H2,1-2H3,(H,19,21). The maximum atomic E-state index is 12.7. The first kappa shape index (κ1) is 17.6. The molecular weight excluding hydrogens is 305 g/mol. The van der Waals surface area contributed by atoms with Gasteiger partial charge < -0.3 is 10.6 Å². The molecule has 1 aromatic rings. The Morgan fingerprint density at radius 2 is 2.05 bits per heavy atom. The monoisotopic (exact) mass is 322 g/mol. The summed E-state index contributed by atoms with van der Waals surface area (Å²) in [4.78, 5) is 11.8. The number of anilines is 1. The predicted molar refractivity (Wildman–Crippen MR) is 77.5 cm³/mol. The Morgan fingerprint density at radius 3 is 2.62 bits per heavy atom. The first-order chi connectivity index (χ1) is 9.75. The van der Waals surface area contributed by atoms with E-state index in [2.05, 4.69) is 10.6 Å². The van der Waals surface area contributed by atoms with E-state index in [9.17, 15) is 18.0 Å². The van der Waals surface area contributed by atoms with E-state index < -0.39 is 17.8 Å². The van der Waals surface area contributed by atoms with Crippen LogP contribution in [0.3, 0.4) is 0 Å². The number of rotatable bonds is 6. The molecule has 1 unspecified atom stereocenters. The molecule has 1 rings (SSSR count). The zero-order valence-electron chi connectivity index (χ0n) is 11.9. The summed E-state index contributed by atoms with van der Waals surface area (Å²) in [5.41, 5.74) is -0.724. The topological polar surface area (TPSA) is 41.1 Å². The molecule has 0 aliphatic rings. The Balaban J connectivity index is 2.75. The maximum absolute atomic E-state index is 12.7. The lowest BCUT2D eigenvalue weighted by atomic mass is 10.1. The largest absolute Gasteiger partial charge is 0.416 e. The van der Waals surface area contributed by atoms with Crippen LogP contribution in [-0.2, 0) is 11.0 Å². The summed E-state index contributed by atoms with van der Waals surface area (Å²) in [5.74, 6) is -0.281. The molecular formula is C14H18ClF3N2O. The zero-order valence-corrected chi connectivity index (χ0v) is 12.6. The average Bonchev–Trinajstić information content (AvgIpc) is 2.40. The number of unbranched alkanes of at least 4 members (excludes halogenated alkanes) is 1. The molecule has 1 amide bonds. The molecule has 118 valence electrons. The van der Waals surface area contributed by atoms with Crippen molar-refractivity contribution in [3.05, 3.63) is 28.8 Å². The van der Waals surface area contributed by atoms with E-state index in [1.54, 1.807) is 6.92 Å². The molecule has 0 spiro atoms. The molecule has 0 fully saturated rings. The number of nitrogens with one attached hydrogen (secondary N) is 2. The number of carbonyl (C=O) groups excluding carboxylic acids is 1. The molecule has 7 heteroatoms. The summed E-state index contributed by atoms with van der Waals surface area (Å²) in [6, 6.07) is 2.29. The van der Waals surface area contributed by atoms with E-state index in [1.165, 1.54) is 0 Å². The van der Waals surface area contributed by atoms with E-state index in [4.69, 9.17) is 11.6 Å². The van der Waals surface area contributed by atoms with Crippen LogP contribution in [0.25, 0.3) is 0 Å². The molecule has 0 heterocycles. The van der Waals surface area contributed by atoms with Crippen LogP contribution in [0.15, 0.2) is 18.2 Å². The Labute approximate surface area is 126 Å². The smallest absolute Gasteiger partial charge is 0.373 e. The number of hydrogen-bond donors (Lipinski definition) is 2. The normalized spacial score (nSPS) is 12.9. The summed E-state index contributed by atoms with van der Waals surface area (Å²) >= 11 is 5.86. The van der Waals surface area contributed by atoms with Crippen molar-refractivity contribution in [2.45, 2.75) is 38.9 Å². The predicted octanol–water partition coefficient (Wildman–Crippen LogP) is 4.08. The van der Waals surface area contributed by atoms with Gasteiger partial charge in [0.25, 0.3) is 0 Å². The van der Waals surface area contributed by atoms with Crippen molar-refractivity contribution < 1.29 is 18.0 Å². The number of amides is 1. The number of hydrogen-bond acceptors (Lipinski definition) is 2. The highest BCUT2D eigenvalue weighted by Crippen LogP contribution is 2.33. The van der Waals surface area contributed by atoms with Crippen molar-refractivity contribution >= 4 is 23.2 Å². The van der Waals surface area contributed by atoms with E-state index >= 15 is 0 Å². The highest BCUT2D eigenvalue weighted by molar-refractivity contribution is 6.33. The van der Waals surface area contributed by atoms with Crippen molar-refractivity contribution in [1.82, 2.24) is 5.32 Å². The fourth-order valence-electron chi connectivity index (χ4n) is 1.65. The lowest BCUT2D eigenvalue weighted by molar-refractivity contribution is -0.137. The quantitative estimate of drug-likeness (QED) is 0.775. The third kappa shape index (κ3) is 5.46. The minimum atomic E-state index is -4.45. The molecule has 21 heavy (non-hydrogen) atoms. The fourth-order valence-corrected chi connectivity index (χ4v) is 1.82. The molecule has 0 saturated carbocycles. The second-order valence-electron chi connectivity index (χ2n) is 4.70. The van der Waals surface area contributed by atoms with Crippen LogP contribution < -0.4 is 10.6 Å². The van der Waals surface area contributed by atoms with Gasteiger partial charge in [0.05, 0.1) is 16.3 Å². The van der Waals surface area contributed by atoms with Crippen molar-refractivity contribution in [1.29, 1.82) is 0 Å². The molecule has 0 bridgehead atoms. The Kier molecular flexibility index (Phi) is 6.33. The number of benzene rings is 1. The van der Waals surface area contributed by atoms with Gasteiger partial charge in [-0.2, -0.15) is 13.2 Å². The van der Waals surface area contributed by atoms with Gasteiger partial charge >= 0.3 is 6.18 Å². The van der Waals surface area contributed by atoms with Gasteiger partial charge in [-0.05, 0) is 31.5 Å². The second-order valence-corrected chi connectivity index (χ2v) is 5.11. The van der Waals surface area contributed by atoms with Crippen molar-refractivity contribution in [2.75, 3.05) is 11.9 Å².